The van der Waals surface area contributed by atoms with Crippen LogP contribution in [0.2, 0.25) is 0 Å². The van der Waals surface area contributed by atoms with Gasteiger partial charge in [0.2, 0.25) is 5.91 Å². The fraction of sp³-hybridized carbons (Fsp3) is 0.300. The Morgan fingerprint density at radius 2 is 1.92 bits per heavy atom. The molecular weight excluding hydrogens is 166 g/mol. The average molecular weight is 179 g/mol. The molecule has 1 amide bonds. The first-order valence-electron chi connectivity index (χ1n) is 4.15. The molecular formula is C10H13NO2. The van der Waals surface area contributed by atoms with E-state index >= 15 is 0 Å². The molecule has 0 aliphatic rings. The van der Waals surface area contributed by atoms with E-state index in [9.17, 15) is 9.90 Å². The topological polar surface area (TPSA) is 63.3 Å². The summed E-state index contributed by atoms with van der Waals surface area (Å²) >= 11 is 0. The Bertz CT molecular complexity index is 284. The molecule has 2 unspecified atom stereocenters. The number of benzene rings is 1. The molecule has 0 bridgehead atoms. The normalized spacial score (nSPS) is 14.9. The minimum absolute atomic E-state index is 0.251. The van der Waals surface area contributed by atoms with E-state index in [1.165, 1.54) is 0 Å². The number of hydrogen-bond acceptors (Lipinski definition) is 2. The SMILES string of the molecule is CC(c1ccccc1)C(O)C(N)=O. The lowest BCUT2D eigenvalue weighted by Crippen LogP contribution is -2.32. The summed E-state index contributed by atoms with van der Waals surface area (Å²) in [7, 11) is 0. The Morgan fingerprint density at radius 1 is 1.38 bits per heavy atom. The summed E-state index contributed by atoms with van der Waals surface area (Å²) in [5.41, 5.74) is 5.90. The summed E-state index contributed by atoms with van der Waals surface area (Å²) in [5, 5.41) is 9.37. The second-order valence-electron chi connectivity index (χ2n) is 3.05. The van der Waals surface area contributed by atoms with E-state index in [-0.39, 0.29) is 5.92 Å². The highest BCUT2D eigenvalue weighted by atomic mass is 16.3. The Kier molecular flexibility index (Phi) is 3.03. The second kappa shape index (κ2) is 4.05. The number of aliphatic hydroxyl groups is 1. The maximum atomic E-state index is 10.7. The molecule has 70 valence electrons. The number of rotatable bonds is 3. The molecule has 3 N–H and O–H groups in total. The number of aliphatic hydroxyl groups excluding tert-OH is 1. The van der Waals surface area contributed by atoms with E-state index in [2.05, 4.69) is 0 Å². The Hall–Kier alpha value is -1.35. The molecule has 0 radical (unpaired) electrons. The van der Waals surface area contributed by atoms with Gasteiger partial charge in [-0.25, -0.2) is 0 Å². The molecule has 0 saturated heterocycles. The third kappa shape index (κ3) is 2.29. The van der Waals surface area contributed by atoms with Gasteiger partial charge >= 0.3 is 0 Å². The van der Waals surface area contributed by atoms with E-state index in [0.717, 1.165) is 5.56 Å². The van der Waals surface area contributed by atoms with Crippen LogP contribution in [0.3, 0.4) is 0 Å². The van der Waals surface area contributed by atoms with Gasteiger partial charge < -0.3 is 10.8 Å². The van der Waals surface area contributed by atoms with Crippen LogP contribution in [0.15, 0.2) is 30.3 Å². The molecule has 0 fully saturated rings. The molecule has 0 aromatic heterocycles. The van der Waals surface area contributed by atoms with Gasteiger partial charge in [-0.2, -0.15) is 0 Å². The van der Waals surface area contributed by atoms with Crippen LogP contribution in [0, 0.1) is 0 Å². The van der Waals surface area contributed by atoms with Crippen LogP contribution in [-0.2, 0) is 4.79 Å². The van der Waals surface area contributed by atoms with E-state index in [1.807, 2.05) is 30.3 Å². The van der Waals surface area contributed by atoms with Gasteiger partial charge in [0.05, 0.1) is 0 Å². The standard InChI is InChI=1S/C10H13NO2/c1-7(9(12)10(11)13)8-5-3-2-4-6-8/h2-7,9,12H,1H3,(H2,11,13). The Labute approximate surface area is 77.2 Å². The highest BCUT2D eigenvalue weighted by Crippen LogP contribution is 2.18. The minimum Gasteiger partial charge on any atom is -0.383 e. The summed E-state index contributed by atoms with van der Waals surface area (Å²) in [6.07, 6.45) is -1.11. The average Bonchev–Trinajstić information content (AvgIpc) is 2.17. The first-order chi connectivity index (χ1) is 6.13. The zero-order chi connectivity index (χ0) is 9.84. The highest BCUT2D eigenvalue weighted by Gasteiger charge is 2.20. The van der Waals surface area contributed by atoms with Crippen LogP contribution in [-0.4, -0.2) is 17.1 Å². The number of carbonyl (C=O) groups excluding carboxylic acids is 1. The number of hydrogen-bond donors (Lipinski definition) is 2. The van der Waals surface area contributed by atoms with Gasteiger partial charge in [0, 0.05) is 5.92 Å². The minimum atomic E-state index is -1.11. The quantitative estimate of drug-likeness (QED) is 0.715. The smallest absolute Gasteiger partial charge is 0.246 e. The molecule has 13 heavy (non-hydrogen) atoms. The van der Waals surface area contributed by atoms with Crippen molar-refractivity contribution < 1.29 is 9.90 Å². The van der Waals surface area contributed by atoms with Gasteiger partial charge in [-0.05, 0) is 5.56 Å². The Balaban J connectivity index is 2.79. The molecule has 3 heteroatoms. The first kappa shape index (κ1) is 9.74. The molecule has 0 aliphatic carbocycles. The molecule has 0 saturated carbocycles. The van der Waals surface area contributed by atoms with Crippen molar-refractivity contribution in [2.24, 2.45) is 5.73 Å². The molecule has 1 aromatic carbocycles. The summed E-state index contributed by atoms with van der Waals surface area (Å²) < 4.78 is 0. The zero-order valence-corrected chi connectivity index (χ0v) is 7.47. The van der Waals surface area contributed by atoms with Gasteiger partial charge in [0.25, 0.3) is 0 Å². The van der Waals surface area contributed by atoms with Crippen LogP contribution in [0.1, 0.15) is 18.4 Å². The van der Waals surface area contributed by atoms with Gasteiger partial charge in [0.1, 0.15) is 6.10 Å². The van der Waals surface area contributed by atoms with E-state index in [1.54, 1.807) is 6.92 Å². The van der Waals surface area contributed by atoms with Crippen molar-refractivity contribution in [2.45, 2.75) is 18.9 Å². The number of carbonyl (C=O) groups is 1. The summed E-state index contributed by atoms with van der Waals surface area (Å²) in [5.74, 6) is -0.935. The molecule has 3 nitrogen and oxygen atoms in total. The van der Waals surface area contributed by atoms with Gasteiger partial charge in [0.15, 0.2) is 0 Å². The van der Waals surface area contributed by atoms with Gasteiger partial charge in [-0.3, -0.25) is 4.79 Å². The van der Waals surface area contributed by atoms with E-state index in [0.29, 0.717) is 0 Å². The van der Waals surface area contributed by atoms with E-state index in [4.69, 9.17) is 5.73 Å². The van der Waals surface area contributed by atoms with Crippen LogP contribution in [0.5, 0.6) is 0 Å². The Morgan fingerprint density at radius 3 is 2.38 bits per heavy atom. The maximum absolute atomic E-state index is 10.7. The van der Waals surface area contributed by atoms with Crippen molar-refractivity contribution in [2.75, 3.05) is 0 Å². The fourth-order valence-electron chi connectivity index (χ4n) is 1.19. The number of nitrogens with two attached hydrogens (primary N) is 1. The van der Waals surface area contributed by atoms with Crippen molar-refractivity contribution in [1.82, 2.24) is 0 Å². The van der Waals surface area contributed by atoms with Crippen molar-refractivity contribution >= 4 is 5.91 Å². The second-order valence-corrected chi connectivity index (χ2v) is 3.05. The van der Waals surface area contributed by atoms with Crippen LogP contribution >= 0.6 is 0 Å². The molecule has 1 aromatic rings. The van der Waals surface area contributed by atoms with E-state index < -0.39 is 12.0 Å². The molecule has 1 rings (SSSR count). The summed E-state index contributed by atoms with van der Waals surface area (Å²) in [4.78, 5) is 10.7. The van der Waals surface area contributed by atoms with Crippen molar-refractivity contribution in [1.29, 1.82) is 0 Å². The monoisotopic (exact) mass is 179 g/mol. The van der Waals surface area contributed by atoms with Crippen molar-refractivity contribution in [3.63, 3.8) is 0 Å². The summed E-state index contributed by atoms with van der Waals surface area (Å²) in [6, 6.07) is 9.32. The largest absolute Gasteiger partial charge is 0.383 e. The van der Waals surface area contributed by atoms with Crippen LogP contribution < -0.4 is 5.73 Å². The lowest BCUT2D eigenvalue weighted by molar-refractivity contribution is -0.126. The molecule has 0 spiro atoms. The number of primary amides is 1. The predicted octanol–water partition coefficient (Wildman–Crippen LogP) is 0.636. The zero-order valence-electron chi connectivity index (χ0n) is 7.47. The fourth-order valence-corrected chi connectivity index (χ4v) is 1.19. The highest BCUT2D eigenvalue weighted by molar-refractivity contribution is 5.79. The third-order valence-electron chi connectivity index (χ3n) is 2.09. The van der Waals surface area contributed by atoms with Crippen molar-refractivity contribution in [3.05, 3.63) is 35.9 Å². The summed E-state index contributed by atoms with van der Waals surface area (Å²) in [6.45, 7) is 1.77. The first-order valence-corrected chi connectivity index (χ1v) is 4.15. The lowest BCUT2D eigenvalue weighted by Gasteiger charge is -2.15. The predicted molar refractivity (Wildman–Crippen MR) is 50.1 cm³/mol. The number of amides is 1. The molecule has 0 aliphatic heterocycles. The van der Waals surface area contributed by atoms with Gasteiger partial charge in [-0.15, -0.1) is 0 Å². The molecule has 0 heterocycles. The van der Waals surface area contributed by atoms with Crippen LogP contribution in [0.4, 0.5) is 0 Å². The van der Waals surface area contributed by atoms with Gasteiger partial charge in [-0.1, -0.05) is 37.3 Å². The maximum Gasteiger partial charge on any atom is 0.246 e. The lowest BCUT2D eigenvalue weighted by atomic mass is 9.95. The third-order valence-corrected chi connectivity index (χ3v) is 2.09. The molecule has 2 atom stereocenters. The van der Waals surface area contributed by atoms with Crippen LogP contribution in [0.25, 0.3) is 0 Å². The van der Waals surface area contributed by atoms with Crippen molar-refractivity contribution in [3.8, 4) is 0 Å².